The van der Waals surface area contributed by atoms with Gasteiger partial charge in [-0.3, -0.25) is 4.79 Å². The first-order valence-electron chi connectivity index (χ1n) is 9.17. The summed E-state index contributed by atoms with van der Waals surface area (Å²) in [5.41, 5.74) is 4.31. The summed E-state index contributed by atoms with van der Waals surface area (Å²) in [6, 6.07) is 15.8. The van der Waals surface area contributed by atoms with Gasteiger partial charge >= 0.3 is 0 Å². The van der Waals surface area contributed by atoms with E-state index in [1.807, 2.05) is 68.4 Å². The number of aryl methyl sites for hydroxylation is 1. The van der Waals surface area contributed by atoms with Crippen molar-refractivity contribution in [2.45, 2.75) is 19.9 Å². The van der Waals surface area contributed by atoms with Crippen LogP contribution in [0.4, 0.5) is 0 Å². The van der Waals surface area contributed by atoms with Crippen molar-refractivity contribution in [2.24, 2.45) is 0 Å². The number of H-pyrrole nitrogens is 1. The molecule has 1 heterocycles. The number of likely N-dealkylation sites (N-methyl/N-ethyl adjacent to an activating group) is 1. The number of nitrogens with zero attached hydrogens (tertiary/aromatic N) is 2. The first kappa shape index (κ1) is 19.5. The van der Waals surface area contributed by atoms with Gasteiger partial charge in [0.2, 0.25) is 5.91 Å². The van der Waals surface area contributed by atoms with Crippen LogP contribution in [0.1, 0.15) is 16.8 Å². The Morgan fingerprint density at radius 1 is 1.04 bits per heavy atom. The van der Waals surface area contributed by atoms with Crippen LogP contribution >= 0.6 is 11.6 Å². The minimum atomic E-state index is 0.139. The number of amides is 1. The predicted molar refractivity (Wildman–Crippen MR) is 112 cm³/mol. The first-order valence-corrected chi connectivity index (χ1v) is 9.55. The Kier molecular flexibility index (Phi) is 6.19. The number of halogens is 1. The number of benzene rings is 2. The number of nitrogens with one attached hydrogen (secondary N) is 1. The third-order valence-corrected chi connectivity index (χ3v) is 5.06. The normalized spacial score (nSPS) is 11.3. The van der Waals surface area contributed by atoms with Crippen molar-refractivity contribution in [1.29, 1.82) is 0 Å². The number of rotatable bonds is 7. The van der Waals surface area contributed by atoms with E-state index >= 15 is 0 Å². The van der Waals surface area contributed by atoms with E-state index in [2.05, 4.69) is 16.0 Å². The van der Waals surface area contributed by atoms with E-state index in [1.165, 1.54) is 0 Å². The number of aromatic amines is 1. The largest absolute Gasteiger partial charge is 0.358 e. The zero-order valence-electron chi connectivity index (χ0n) is 16.1. The zero-order chi connectivity index (χ0) is 19.4. The lowest BCUT2D eigenvalue weighted by molar-refractivity contribution is -0.131. The number of hydrogen-bond donors (Lipinski definition) is 1. The molecule has 0 saturated carbocycles. The van der Waals surface area contributed by atoms with Crippen LogP contribution in [0.5, 0.6) is 0 Å². The highest BCUT2D eigenvalue weighted by molar-refractivity contribution is 6.30. The maximum atomic E-state index is 13.2. The monoisotopic (exact) mass is 383 g/mol. The standard InChI is InChI=1S/C22H26ClN3O/c1-16-20(19-6-4-5-7-21(19)24-16)14-22(27)26(13-12-25(2)3)15-17-8-10-18(23)11-9-17/h4-11,24H,12-15H2,1-3H3. The van der Waals surface area contributed by atoms with Crippen molar-refractivity contribution in [3.05, 3.63) is 70.4 Å². The molecule has 1 aromatic heterocycles. The summed E-state index contributed by atoms with van der Waals surface area (Å²) < 4.78 is 0. The number of carbonyl (C=O) groups is 1. The minimum absolute atomic E-state index is 0.139. The van der Waals surface area contributed by atoms with Gasteiger partial charge in [0.05, 0.1) is 6.42 Å². The van der Waals surface area contributed by atoms with Gasteiger partial charge in [0.1, 0.15) is 0 Å². The second-order valence-corrected chi connectivity index (χ2v) is 7.63. The molecule has 2 aromatic carbocycles. The molecule has 0 spiro atoms. The fourth-order valence-corrected chi connectivity index (χ4v) is 3.37. The van der Waals surface area contributed by atoms with E-state index in [4.69, 9.17) is 11.6 Å². The highest BCUT2D eigenvalue weighted by Crippen LogP contribution is 2.23. The highest BCUT2D eigenvalue weighted by atomic mass is 35.5. The van der Waals surface area contributed by atoms with Gasteiger partial charge < -0.3 is 14.8 Å². The molecule has 4 nitrogen and oxygen atoms in total. The summed E-state index contributed by atoms with van der Waals surface area (Å²) in [6.07, 6.45) is 0.400. The Hall–Kier alpha value is -2.30. The Morgan fingerprint density at radius 2 is 1.74 bits per heavy atom. The SMILES string of the molecule is Cc1[nH]c2ccccc2c1CC(=O)N(CCN(C)C)Cc1ccc(Cl)cc1. The minimum Gasteiger partial charge on any atom is -0.358 e. The van der Waals surface area contributed by atoms with Gasteiger partial charge in [-0.25, -0.2) is 0 Å². The smallest absolute Gasteiger partial charge is 0.227 e. The van der Waals surface area contributed by atoms with Crippen LogP contribution in [-0.2, 0) is 17.8 Å². The number of carbonyl (C=O) groups excluding carboxylic acids is 1. The van der Waals surface area contributed by atoms with E-state index in [-0.39, 0.29) is 5.91 Å². The lowest BCUT2D eigenvalue weighted by atomic mass is 10.1. The second-order valence-electron chi connectivity index (χ2n) is 7.20. The Morgan fingerprint density at radius 3 is 2.44 bits per heavy atom. The number of fused-ring (bicyclic) bond motifs is 1. The van der Waals surface area contributed by atoms with E-state index in [0.717, 1.165) is 34.3 Å². The van der Waals surface area contributed by atoms with Crippen molar-refractivity contribution < 1.29 is 4.79 Å². The average molecular weight is 384 g/mol. The molecule has 3 rings (SSSR count). The topological polar surface area (TPSA) is 39.3 Å². The molecular formula is C22H26ClN3O. The molecule has 0 unspecified atom stereocenters. The molecule has 3 aromatic rings. The maximum absolute atomic E-state index is 13.2. The molecule has 0 saturated heterocycles. The van der Waals surface area contributed by atoms with E-state index in [0.29, 0.717) is 24.5 Å². The van der Waals surface area contributed by atoms with Crippen LogP contribution in [0.2, 0.25) is 5.02 Å². The molecule has 0 aliphatic rings. The summed E-state index contributed by atoms with van der Waals surface area (Å²) in [7, 11) is 4.05. The Labute approximate surface area is 165 Å². The molecule has 0 aliphatic heterocycles. The van der Waals surface area contributed by atoms with Gasteiger partial charge in [-0.15, -0.1) is 0 Å². The Bertz CT molecular complexity index is 915. The number of hydrogen-bond acceptors (Lipinski definition) is 2. The molecule has 0 fully saturated rings. The summed E-state index contributed by atoms with van der Waals surface area (Å²) in [5, 5.41) is 1.83. The molecule has 0 bridgehead atoms. The van der Waals surface area contributed by atoms with E-state index in [1.54, 1.807) is 0 Å². The molecular weight excluding hydrogens is 358 g/mol. The summed E-state index contributed by atoms with van der Waals surface area (Å²) in [4.78, 5) is 20.6. The molecule has 0 atom stereocenters. The van der Waals surface area contributed by atoms with Crippen molar-refractivity contribution >= 4 is 28.4 Å². The van der Waals surface area contributed by atoms with Crippen LogP contribution in [0.15, 0.2) is 48.5 Å². The molecule has 27 heavy (non-hydrogen) atoms. The van der Waals surface area contributed by atoms with Gasteiger partial charge in [0.15, 0.2) is 0 Å². The van der Waals surface area contributed by atoms with Crippen LogP contribution in [0, 0.1) is 6.92 Å². The lowest BCUT2D eigenvalue weighted by Crippen LogP contribution is -2.37. The van der Waals surface area contributed by atoms with Crippen molar-refractivity contribution in [1.82, 2.24) is 14.8 Å². The molecule has 142 valence electrons. The van der Waals surface area contributed by atoms with Gasteiger partial charge in [0.25, 0.3) is 0 Å². The maximum Gasteiger partial charge on any atom is 0.227 e. The van der Waals surface area contributed by atoms with Crippen LogP contribution < -0.4 is 0 Å². The molecule has 1 amide bonds. The van der Waals surface area contributed by atoms with Crippen molar-refractivity contribution in [2.75, 3.05) is 27.2 Å². The predicted octanol–water partition coefficient (Wildman–Crippen LogP) is 4.26. The summed E-state index contributed by atoms with van der Waals surface area (Å²) >= 11 is 5.99. The van der Waals surface area contributed by atoms with Crippen LogP contribution in [0.25, 0.3) is 10.9 Å². The van der Waals surface area contributed by atoms with E-state index < -0.39 is 0 Å². The summed E-state index contributed by atoms with van der Waals surface area (Å²) in [5.74, 6) is 0.139. The average Bonchev–Trinajstić information content (AvgIpc) is 2.95. The number of para-hydroxylation sites is 1. The van der Waals surface area contributed by atoms with Gasteiger partial charge in [-0.05, 0) is 50.3 Å². The van der Waals surface area contributed by atoms with Gasteiger partial charge in [-0.2, -0.15) is 0 Å². The molecule has 0 aliphatic carbocycles. The van der Waals surface area contributed by atoms with Gasteiger partial charge in [-0.1, -0.05) is 41.9 Å². The summed E-state index contributed by atoms with van der Waals surface area (Å²) in [6.45, 7) is 4.14. The van der Waals surface area contributed by atoms with Crippen LogP contribution in [0.3, 0.4) is 0 Å². The fourth-order valence-electron chi connectivity index (χ4n) is 3.25. The third-order valence-electron chi connectivity index (χ3n) is 4.81. The first-order chi connectivity index (χ1) is 12.9. The molecule has 1 N–H and O–H groups in total. The van der Waals surface area contributed by atoms with Crippen molar-refractivity contribution in [3.8, 4) is 0 Å². The quantitative estimate of drug-likeness (QED) is 0.662. The zero-order valence-corrected chi connectivity index (χ0v) is 16.9. The van der Waals surface area contributed by atoms with E-state index in [9.17, 15) is 4.79 Å². The fraction of sp³-hybridized carbons (Fsp3) is 0.318. The highest BCUT2D eigenvalue weighted by Gasteiger charge is 2.18. The van der Waals surface area contributed by atoms with Gasteiger partial charge in [0, 0.05) is 41.3 Å². The Balaban J connectivity index is 1.80. The van der Waals surface area contributed by atoms with Crippen LogP contribution in [-0.4, -0.2) is 47.9 Å². The third kappa shape index (κ3) is 4.90. The second kappa shape index (κ2) is 8.59. The lowest BCUT2D eigenvalue weighted by Gasteiger charge is -2.25. The molecule has 0 radical (unpaired) electrons. The number of aromatic nitrogens is 1. The van der Waals surface area contributed by atoms with Crippen molar-refractivity contribution in [3.63, 3.8) is 0 Å². The molecule has 5 heteroatoms.